The molecule has 0 amide bonds. The molecule has 0 bridgehead atoms. The molecule has 0 spiro atoms. The van der Waals surface area contributed by atoms with Crippen molar-refractivity contribution in [1.82, 2.24) is 9.55 Å². The summed E-state index contributed by atoms with van der Waals surface area (Å²) >= 11 is 0. The summed E-state index contributed by atoms with van der Waals surface area (Å²) in [5, 5.41) is 0. The van der Waals surface area contributed by atoms with Crippen molar-refractivity contribution in [3.05, 3.63) is 57.3 Å². The van der Waals surface area contributed by atoms with Crippen LogP contribution in [-0.2, 0) is 6.54 Å². The summed E-state index contributed by atoms with van der Waals surface area (Å²) in [6.07, 6.45) is 0. The van der Waals surface area contributed by atoms with Gasteiger partial charge in [-0.3, -0.25) is 9.36 Å². The van der Waals surface area contributed by atoms with Gasteiger partial charge in [-0.1, -0.05) is 6.07 Å². The van der Waals surface area contributed by atoms with Gasteiger partial charge in [0.05, 0.1) is 13.7 Å². The number of rotatable bonds is 4. The largest absolute Gasteiger partial charge is 0.496 e. The van der Waals surface area contributed by atoms with Gasteiger partial charge < -0.3 is 10.5 Å². The van der Waals surface area contributed by atoms with Gasteiger partial charge in [-0.15, -0.1) is 0 Å². The van der Waals surface area contributed by atoms with Crippen molar-refractivity contribution in [3.63, 3.8) is 0 Å². The highest BCUT2D eigenvalue weighted by molar-refractivity contribution is 5.38. The monoisotopic (exact) mass is 287 g/mol. The van der Waals surface area contributed by atoms with Gasteiger partial charge in [0.1, 0.15) is 11.6 Å². The lowest BCUT2D eigenvalue weighted by atomic mass is 10.0. The van der Waals surface area contributed by atoms with Crippen LogP contribution in [0.2, 0.25) is 0 Å². The molecule has 1 aromatic heterocycles. The van der Waals surface area contributed by atoms with Gasteiger partial charge in [0.15, 0.2) is 0 Å². The number of ether oxygens (including phenoxy) is 1. The second kappa shape index (κ2) is 6.10. The van der Waals surface area contributed by atoms with Crippen LogP contribution in [0.5, 0.6) is 5.75 Å². The van der Waals surface area contributed by atoms with E-state index >= 15 is 0 Å². The van der Waals surface area contributed by atoms with E-state index in [0.717, 1.165) is 22.6 Å². The lowest BCUT2D eigenvalue weighted by molar-refractivity contribution is 0.407. The summed E-state index contributed by atoms with van der Waals surface area (Å²) in [6, 6.07) is 7.28. The van der Waals surface area contributed by atoms with Crippen LogP contribution >= 0.6 is 0 Å². The van der Waals surface area contributed by atoms with Crippen molar-refractivity contribution in [1.29, 1.82) is 0 Å². The maximum Gasteiger partial charge on any atom is 0.254 e. The lowest BCUT2D eigenvalue weighted by Gasteiger charge is -2.15. The first-order valence-electron chi connectivity index (χ1n) is 6.90. The summed E-state index contributed by atoms with van der Waals surface area (Å²) in [5.41, 5.74) is 8.52. The first kappa shape index (κ1) is 15.3. The van der Waals surface area contributed by atoms with Crippen molar-refractivity contribution in [3.8, 4) is 5.75 Å². The number of aryl methyl sites for hydroxylation is 2. The van der Waals surface area contributed by atoms with Gasteiger partial charge in [-0.2, -0.15) is 0 Å². The predicted molar refractivity (Wildman–Crippen MR) is 82.7 cm³/mol. The van der Waals surface area contributed by atoms with E-state index in [9.17, 15) is 4.79 Å². The fourth-order valence-corrected chi connectivity index (χ4v) is 2.33. The van der Waals surface area contributed by atoms with Crippen molar-refractivity contribution < 1.29 is 4.74 Å². The Bertz CT molecular complexity index is 705. The molecule has 21 heavy (non-hydrogen) atoms. The zero-order chi connectivity index (χ0) is 15.6. The maximum absolute atomic E-state index is 12.1. The molecule has 0 radical (unpaired) electrons. The normalized spacial score (nSPS) is 12.2. The SMILES string of the molecule is COc1ccc(C(C)N)cc1Cn1c(C)nc(C)cc1=O. The highest BCUT2D eigenvalue weighted by atomic mass is 16.5. The average Bonchev–Trinajstić information content (AvgIpc) is 2.42. The van der Waals surface area contributed by atoms with Crippen LogP contribution in [0.15, 0.2) is 29.1 Å². The summed E-state index contributed by atoms with van der Waals surface area (Å²) in [6.45, 7) is 5.99. The molecule has 1 aromatic carbocycles. The van der Waals surface area contributed by atoms with Crippen LogP contribution in [0, 0.1) is 13.8 Å². The van der Waals surface area contributed by atoms with E-state index in [-0.39, 0.29) is 11.6 Å². The van der Waals surface area contributed by atoms with Crippen LogP contribution in [0.3, 0.4) is 0 Å². The Balaban J connectivity index is 2.48. The first-order chi connectivity index (χ1) is 9.92. The standard InChI is InChI=1S/C16H21N3O2/c1-10-7-16(20)19(12(3)18-10)9-14-8-13(11(2)17)5-6-15(14)21-4/h5-8,11H,9,17H2,1-4H3. The highest BCUT2D eigenvalue weighted by Gasteiger charge is 2.10. The Morgan fingerprint density at radius 2 is 2.05 bits per heavy atom. The first-order valence-corrected chi connectivity index (χ1v) is 6.90. The van der Waals surface area contributed by atoms with Crippen LogP contribution in [0.1, 0.15) is 35.6 Å². The number of benzene rings is 1. The minimum Gasteiger partial charge on any atom is -0.496 e. The summed E-state index contributed by atoms with van der Waals surface area (Å²) < 4.78 is 7.01. The van der Waals surface area contributed by atoms with Gasteiger partial charge in [0.25, 0.3) is 5.56 Å². The van der Waals surface area contributed by atoms with E-state index in [1.807, 2.05) is 39.0 Å². The number of hydrogen-bond donors (Lipinski definition) is 1. The van der Waals surface area contributed by atoms with Crippen LogP contribution in [-0.4, -0.2) is 16.7 Å². The molecule has 5 heteroatoms. The third kappa shape index (κ3) is 3.31. The Kier molecular flexibility index (Phi) is 4.43. The Labute approximate surface area is 124 Å². The van der Waals surface area contributed by atoms with Gasteiger partial charge >= 0.3 is 0 Å². The molecule has 1 atom stereocenters. The van der Waals surface area contributed by atoms with Crippen molar-refractivity contribution in [2.24, 2.45) is 5.73 Å². The Morgan fingerprint density at radius 1 is 1.33 bits per heavy atom. The average molecular weight is 287 g/mol. The minimum absolute atomic E-state index is 0.0618. The third-order valence-corrected chi connectivity index (χ3v) is 3.49. The van der Waals surface area contributed by atoms with Gasteiger partial charge in [0.2, 0.25) is 0 Å². The number of nitrogens with two attached hydrogens (primary N) is 1. The van der Waals surface area contributed by atoms with E-state index in [4.69, 9.17) is 10.5 Å². The fraction of sp³-hybridized carbons (Fsp3) is 0.375. The van der Waals surface area contributed by atoms with E-state index in [1.54, 1.807) is 11.7 Å². The number of methoxy groups -OCH3 is 1. The summed E-state index contributed by atoms with van der Waals surface area (Å²) in [5.74, 6) is 1.43. The lowest BCUT2D eigenvalue weighted by Crippen LogP contribution is -2.24. The fourth-order valence-electron chi connectivity index (χ4n) is 2.33. The van der Waals surface area contributed by atoms with Crippen LogP contribution < -0.4 is 16.0 Å². The zero-order valence-electron chi connectivity index (χ0n) is 12.9. The van der Waals surface area contributed by atoms with Crippen LogP contribution in [0.4, 0.5) is 0 Å². The van der Waals surface area contributed by atoms with E-state index < -0.39 is 0 Å². The van der Waals surface area contributed by atoms with Gasteiger partial charge in [0, 0.05) is 23.4 Å². The highest BCUT2D eigenvalue weighted by Crippen LogP contribution is 2.23. The topological polar surface area (TPSA) is 70.1 Å². The zero-order valence-corrected chi connectivity index (χ0v) is 12.9. The molecule has 2 N–H and O–H groups in total. The molecule has 0 aliphatic heterocycles. The van der Waals surface area contributed by atoms with E-state index in [0.29, 0.717) is 12.4 Å². The summed E-state index contributed by atoms with van der Waals surface area (Å²) in [4.78, 5) is 16.5. The molecule has 1 heterocycles. The van der Waals surface area contributed by atoms with Crippen LogP contribution in [0.25, 0.3) is 0 Å². The molecular weight excluding hydrogens is 266 g/mol. The van der Waals surface area contributed by atoms with Crippen molar-refractivity contribution in [2.45, 2.75) is 33.4 Å². The van der Waals surface area contributed by atoms with E-state index in [1.165, 1.54) is 6.07 Å². The maximum atomic E-state index is 12.1. The van der Waals surface area contributed by atoms with Crippen molar-refractivity contribution in [2.75, 3.05) is 7.11 Å². The quantitative estimate of drug-likeness (QED) is 0.933. The van der Waals surface area contributed by atoms with Crippen molar-refractivity contribution >= 4 is 0 Å². The molecule has 1 unspecified atom stereocenters. The Hall–Kier alpha value is -2.14. The summed E-state index contributed by atoms with van der Waals surface area (Å²) in [7, 11) is 1.62. The molecule has 2 rings (SSSR count). The minimum atomic E-state index is -0.0661. The van der Waals surface area contributed by atoms with E-state index in [2.05, 4.69) is 4.98 Å². The predicted octanol–water partition coefficient (Wildman–Crippen LogP) is 1.94. The molecular formula is C16H21N3O2. The second-order valence-electron chi connectivity index (χ2n) is 5.23. The van der Waals surface area contributed by atoms with Gasteiger partial charge in [-0.05, 0) is 38.5 Å². The number of nitrogens with zero attached hydrogens (tertiary/aromatic N) is 2. The molecule has 5 nitrogen and oxygen atoms in total. The molecule has 112 valence electrons. The third-order valence-electron chi connectivity index (χ3n) is 3.49. The molecule has 0 aliphatic carbocycles. The Morgan fingerprint density at radius 3 is 2.62 bits per heavy atom. The number of hydrogen-bond acceptors (Lipinski definition) is 4. The molecule has 0 saturated carbocycles. The molecule has 0 saturated heterocycles. The smallest absolute Gasteiger partial charge is 0.254 e. The molecule has 0 fully saturated rings. The molecule has 2 aromatic rings. The number of aromatic nitrogens is 2. The second-order valence-corrected chi connectivity index (χ2v) is 5.23. The van der Waals surface area contributed by atoms with Gasteiger partial charge in [-0.25, -0.2) is 4.98 Å². The molecule has 0 aliphatic rings.